The monoisotopic (exact) mass is 266 g/mol. The summed E-state index contributed by atoms with van der Waals surface area (Å²) >= 11 is 0. The van der Waals surface area contributed by atoms with Gasteiger partial charge in [0, 0.05) is 28.9 Å². The molecular formula is C15H14N4O. The highest BCUT2D eigenvalue weighted by Crippen LogP contribution is 2.21. The number of amidine groups is 1. The summed E-state index contributed by atoms with van der Waals surface area (Å²) in [4.78, 5) is 4.32. The van der Waals surface area contributed by atoms with Gasteiger partial charge in [0.15, 0.2) is 5.84 Å². The third-order valence-corrected chi connectivity index (χ3v) is 3.26. The van der Waals surface area contributed by atoms with Crippen LogP contribution in [0, 0.1) is 0 Å². The van der Waals surface area contributed by atoms with Gasteiger partial charge < -0.3 is 15.5 Å². The van der Waals surface area contributed by atoms with Gasteiger partial charge in [-0.2, -0.15) is 0 Å². The van der Waals surface area contributed by atoms with Crippen LogP contribution in [-0.4, -0.2) is 20.6 Å². The number of pyridine rings is 1. The predicted octanol–water partition coefficient (Wildman–Crippen LogP) is 2.18. The summed E-state index contributed by atoms with van der Waals surface area (Å²) in [7, 11) is 0. The molecule has 0 atom stereocenters. The zero-order valence-corrected chi connectivity index (χ0v) is 10.8. The highest BCUT2D eigenvalue weighted by molar-refractivity contribution is 6.08. The minimum atomic E-state index is 0.117. The Morgan fingerprint density at radius 2 is 2.10 bits per heavy atom. The smallest absolute Gasteiger partial charge is 0.170 e. The van der Waals surface area contributed by atoms with E-state index in [0.29, 0.717) is 6.54 Å². The molecule has 0 fully saturated rings. The molecule has 5 heteroatoms. The fourth-order valence-corrected chi connectivity index (χ4v) is 2.30. The molecule has 5 nitrogen and oxygen atoms in total. The van der Waals surface area contributed by atoms with Crippen molar-refractivity contribution in [2.75, 3.05) is 0 Å². The topological polar surface area (TPSA) is 76.4 Å². The van der Waals surface area contributed by atoms with E-state index in [1.807, 2.05) is 48.7 Å². The summed E-state index contributed by atoms with van der Waals surface area (Å²) in [6.45, 7) is 0.684. The highest BCUT2D eigenvalue weighted by Gasteiger charge is 2.09. The van der Waals surface area contributed by atoms with E-state index < -0.39 is 0 Å². The maximum atomic E-state index is 8.84. The molecule has 3 rings (SSSR count). The molecule has 0 aliphatic heterocycles. The number of hydrogen-bond donors (Lipinski definition) is 2. The fourth-order valence-electron chi connectivity index (χ4n) is 2.30. The fraction of sp³-hybridized carbons (Fsp3) is 0.0667. The van der Waals surface area contributed by atoms with Crippen molar-refractivity contribution >= 4 is 16.7 Å². The Labute approximate surface area is 116 Å². The molecule has 0 amide bonds. The van der Waals surface area contributed by atoms with Gasteiger partial charge in [-0.25, -0.2) is 0 Å². The number of nitrogens with zero attached hydrogens (tertiary/aromatic N) is 3. The predicted molar refractivity (Wildman–Crippen MR) is 77.8 cm³/mol. The van der Waals surface area contributed by atoms with Crippen LogP contribution in [0.15, 0.2) is 60.0 Å². The Balaban J connectivity index is 2.06. The molecule has 0 radical (unpaired) electrons. The van der Waals surface area contributed by atoms with Gasteiger partial charge >= 0.3 is 0 Å². The quantitative estimate of drug-likeness (QED) is 0.330. The van der Waals surface area contributed by atoms with E-state index in [1.54, 1.807) is 6.20 Å². The van der Waals surface area contributed by atoms with Crippen molar-refractivity contribution in [1.29, 1.82) is 0 Å². The molecule has 20 heavy (non-hydrogen) atoms. The summed E-state index contributed by atoms with van der Waals surface area (Å²) < 4.78 is 2.09. The molecule has 0 spiro atoms. The van der Waals surface area contributed by atoms with Gasteiger partial charge in [-0.1, -0.05) is 23.4 Å². The standard InChI is InChI=1S/C15H14N4O/c16-15(18-20)13-5-3-6-14-12(13)7-9-19(14)10-11-4-1-2-8-17-11/h1-9,20H,10H2,(H2,16,18). The number of fused-ring (bicyclic) bond motifs is 1. The Hall–Kier alpha value is -2.82. The largest absolute Gasteiger partial charge is 0.409 e. The number of benzene rings is 1. The van der Waals surface area contributed by atoms with E-state index in [4.69, 9.17) is 10.9 Å². The molecule has 3 aromatic rings. The average molecular weight is 266 g/mol. The molecule has 0 aliphatic carbocycles. The van der Waals surface area contributed by atoms with Crippen molar-refractivity contribution in [3.63, 3.8) is 0 Å². The van der Waals surface area contributed by atoms with Crippen LogP contribution in [0.5, 0.6) is 0 Å². The maximum absolute atomic E-state index is 8.84. The van der Waals surface area contributed by atoms with Crippen molar-refractivity contribution in [3.8, 4) is 0 Å². The number of oxime groups is 1. The normalized spacial score (nSPS) is 11.9. The Morgan fingerprint density at radius 3 is 2.85 bits per heavy atom. The third-order valence-electron chi connectivity index (χ3n) is 3.26. The maximum Gasteiger partial charge on any atom is 0.170 e. The number of rotatable bonds is 3. The van der Waals surface area contributed by atoms with Crippen molar-refractivity contribution in [1.82, 2.24) is 9.55 Å². The van der Waals surface area contributed by atoms with Gasteiger partial charge in [0.1, 0.15) is 0 Å². The lowest BCUT2D eigenvalue weighted by Crippen LogP contribution is -2.13. The second kappa shape index (κ2) is 5.05. The molecule has 0 saturated carbocycles. The van der Waals surface area contributed by atoms with Crippen molar-refractivity contribution in [2.24, 2.45) is 10.9 Å². The first-order valence-electron chi connectivity index (χ1n) is 6.25. The first-order chi connectivity index (χ1) is 9.79. The molecule has 0 unspecified atom stereocenters. The molecule has 1 aromatic carbocycles. The first-order valence-corrected chi connectivity index (χ1v) is 6.25. The second-order valence-corrected chi connectivity index (χ2v) is 4.49. The lowest BCUT2D eigenvalue weighted by Gasteiger charge is -2.06. The number of hydrogen-bond acceptors (Lipinski definition) is 3. The zero-order valence-electron chi connectivity index (χ0n) is 10.8. The van der Waals surface area contributed by atoms with Crippen molar-refractivity contribution < 1.29 is 5.21 Å². The van der Waals surface area contributed by atoms with Crippen LogP contribution < -0.4 is 5.73 Å². The number of aromatic nitrogens is 2. The molecule has 2 heterocycles. The molecule has 2 aromatic heterocycles. The van der Waals surface area contributed by atoms with Crippen LogP contribution in [0.1, 0.15) is 11.3 Å². The molecule has 0 saturated heterocycles. The van der Waals surface area contributed by atoms with Crippen LogP contribution in [0.25, 0.3) is 10.9 Å². The van der Waals surface area contributed by atoms with Crippen LogP contribution in [0.4, 0.5) is 0 Å². The van der Waals surface area contributed by atoms with Crippen LogP contribution in [-0.2, 0) is 6.54 Å². The van der Waals surface area contributed by atoms with Crippen LogP contribution in [0.3, 0.4) is 0 Å². The van der Waals surface area contributed by atoms with E-state index in [-0.39, 0.29) is 5.84 Å². The van der Waals surface area contributed by atoms with Crippen molar-refractivity contribution in [3.05, 3.63) is 66.1 Å². The lowest BCUT2D eigenvalue weighted by molar-refractivity contribution is 0.318. The van der Waals surface area contributed by atoms with Gasteiger partial charge in [-0.05, 0) is 24.3 Å². The summed E-state index contributed by atoms with van der Waals surface area (Å²) in [5, 5.41) is 12.9. The van der Waals surface area contributed by atoms with Gasteiger partial charge in [-0.3, -0.25) is 4.98 Å². The summed E-state index contributed by atoms with van der Waals surface area (Å²) in [6, 6.07) is 13.5. The van der Waals surface area contributed by atoms with E-state index in [0.717, 1.165) is 22.2 Å². The summed E-state index contributed by atoms with van der Waals surface area (Å²) in [6.07, 6.45) is 3.76. The van der Waals surface area contributed by atoms with Gasteiger partial charge in [0.05, 0.1) is 12.2 Å². The van der Waals surface area contributed by atoms with Gasteiger partial charge in [0.25, 0.3) is 0 Å². The van der Waals surface area contributed by atoms with Gasteiger partial charge in [0.2, 0.25) is 0 Å². The zero-order chi connectivity index (χ0) is 13.9. The van der Waals surface area contributed by atoms with Crippen LogP contribution >= 0.6 is 0 Å². The highest BCUT2D eigenvalue weighted by atomic mass is 16.4. The van der Waals surface area contributed by atoms with E-state index in [2.05, 4.69) is 14.7 Å². The Kier molecular flexibility index (Phi) is 3.09. The second-order valence-electron chi connectivity index (χ2n) is 4.49. The molecule has 0 bridgehead atoms. The average Bonchev–Trinajstić information content (AvgIpc) is 2.91. The molecule has 100 valence electrons. The lowest BCUT2D eigenvalue weighted by atomic mass is 10.1. The van der Waals surface area contributed by atoms with E-state index >= 15 is 0 Å². The molecular weight excluding hydrogens is 252 g/mol. The van der Waals surface area contributed by atoms with Crippen LogP contribution in [0.2, 0.25) is 0 Å². The molecule has 0 aliphatic rings. The SMILES string of the molecule is N/C(=N/O)c1cccc2c1ccn2Cc1ccccn1. The summed E-state index contributed by atoms with van der Waals surface area (Å²) in [5.41, 5.74) is 8.44. The van der Waals surface area contributed by atoms with Gasteiger partial charge in [-0.15, -0.1) is 0 Å². The minimum absolute atomic E-state index is 0.117. The Morgan fingerprint density at radius 1 is 1.20 bits per heavy atom. The number of nitrogens with two attached hydrogens (primary N) is 1. The minimum Gasteiger partial charge on any atom is -0.409 e. The summed E-state index contributed by atoms with van der Waals surface area (Å²) in [5.74, 6) is 0.117. The third kappa shape index (κ3) is 2.09. The molecule has 3 N–H and O–H groups in total. The first kappa shape index (κ1) is 12.2. The Bertz CT molecular complexity index is 762. The van der Waals surface area contributed by atoms with E-state index in [9.17, 15) is 0 Å². The van der Waals surface area contributed by atoms with E-state index in [1.165, 1.54) is 0 Å². The van der Waals surface area contributed by atoms with Crippen molar-refractivity contribution in [2.45, 2.75) is 6.54 Å².